The number of aromatic nitrogens is 3. The number of nitrogens with one attached hydrogen (secondary N) is 1. The van der Waals surface area contributed by atoms with Gasteiger partial charge in [-0.15, -0.1) is 0 Å². The molecule has 2 aromatic heterocycles. The Kier molecular flexibility index (Phi) is 4.78. The van der Waals surface area contributed by atoms with E-state index in [0.29, 0.717) is 0 Å². The van der Waals surface area contributed by atoms with Gasteiger partial charge in [0, 0.05) is 32.2 Å². The van der Waals surface area contributed by atoms with Crippen molar-refractivity contribution in [3.05, 3.63) is 36.3 Å². The molecule has 0 atom stereocenters. The van der Waals surface area contributed by atoms with Crippen LogP contribution in [0, 0.1) is 0 Å². The number of pyridine rings is 1. The van der Waals surface area contributed by atoms with Crippen LogP contribution >= 0.6 is 11.8 Å². The summed E-state index contributed by atoms with van der Waals surface area (Å²) in [7, 11) is 1.98. The van der Waals surface area contributed by atoms with Gasteiger partial charge in [-0.25, -0.2) is 9.97 Å². The lowest BCUT2D eigenvalue weighted by atomic mass is 10.3. The molecule has 0 aromatic carbocycles. The fourth-order valence-electron chi connectivity index (χ4n) is 1.53. The highest BCUT2D eigenvalue weighted by Crippen LogP contribution is 2.23. The average Bonchev–Trinajstić information content (AvgIpc) is 2.78. The Hall–Kier alpha value is -1.33. The Balaban J connectivity index is 1.93. The lowest BCUT2D eigenvalue weighted by Gasteiger charge is -2.04. The summed E-state index contributed by atoms with van der Waals surface area (Å²) in [5.41, 5.74) is 1.22. The molecular formula is C13H18N4S. The van der Waals surface area contributed by atoms with Crippen molar-refractivity contribution in [2.75, 3.05) is 6.54 Å². The lowest BCUT2D eigenvalue weighted by Crippen LogP contribution is -2.13. The summed E-state index contributed by atoms with van der Waals surface area (Å²) in [4.78, 5) is 8.71. The fraction of sp³-hybridized carbons (Fsp3) is 0.385. The van der Waals surface area contributed by atoms with Gasteiger partial charge in [0.15, 0.2) is 5.16 Å². The van der Waals surface area contributed by atoms with Gasteiger partial charge in [-0.05, 0) is 36.4 Å². The first-order valence-electron chi connectivity index (χ1n) is 6.10. The van der Waals surface area contributed by atoms with Gasteiger partial charge in [0.25, 0.3) is 0 Å². The van der Waals surface area contributed by atoms with Crippen LogP contribution in [0.1, 0.15) is 18.9 Å². The van der Waals surface area contributed by atoms with Crippen LogP contribution in [0.3, 0.4) is 0 Å². The maximum absolute atomic E-state index is 4.44. The fourth-order valence-corrected chi connectivity index (χ4v) is 2.28. The molecule has 1 N–H and O–H groups in total. The highest BCUT2D eigenvalue weighted by Gasteiger charge is 2.03. The van der Waals surface area contributed by atoms with E-state index in [-0.39, 0.29) is 0 Å². The summed E-state index contributed by atoms with van der Waals surface area (Å²) in [6.07, 6.45) is 6.81. The molecule has 0 radical (unpaired) electrons. The summed E-state index contributed by atoms with van der Waals surface area (Å²) in [5.74, 6) is 0. The molecule has 2 heterocycles. The average molecular weight is 262 g/mol. The molecule has 0 bridgehead atoms. The minimum atomic E-state index is 0.883. The van der Waals surface area contributed by atoms with Crippen molar-refractivity contribution in [2.45, 2.75) is 30.1 Å². The molecule has 4 nitrogen and oxygen atoms in total. The van der Waals surface area contributed by atoms with E-state index >= 15 is 0 Å². The first-order chi connectivity index (χ1) is 8.79. The molecule has 2 aromatic rings. The van der Waals surface area contributed by atoms with E-state index in [0.717, 1.165) is 29.7 Å². The van der Waals surface area contributed by atoms with Crippen molar-refractivity contribution in [1.82, 2.24) is 19.9 Å². The monoisotopic (exact) mass is 262 g/mol. The van der Waals surface area contributed by atoms with Gasteiger partial charge in [0.2, 0.25) is 0 Å². The predicted octanol–water partition coefficient (Wildman–Crippen LogP) is 2.47. The zero-order valence-electron chi connectivity index (χ0n) is 10.8. The van der Waals surface area contributed by atoms with Gasteiger partial charge in [-0.1, -0.05) is 13.0 Å². The molecule has 0 spiro atoms. The Morgan fingerprint density at radius 3 is 2.83 bits per heavy atom. The number of imidazole rings is 1. The largest absolute Gasteiger partial charge is 0.329 e. The van der Waals surface area contributed by atoms with Crippen LogP contribution in [0.2, 0.25) is 0 Å². The summed E-state index contributed by atoms with van der Waals surface area (Å²) < 4.78 is 1.99. The number of nitrogens with zero attached hydrogens (tertiary/aromatic N) is 3. The van der Waals surface area contributed by atoms with Crippen molar-refractivity contribution < 1.29 is 0 Å². The Labute approximate surface area is 112 Å². The lowest BCUT2D eigenvalue weighted by molar-refractivity contribution is 0.673. The van der Waals surface area contributed by atoms with Crippen LogP contribution in [0.15, 0.2) is 40.9 Å². The first kappa shape index (κ1) is 13.1. The van der Waals surface area contributed by atoms with E-state index in [1.54, 1.807) is 18.0 Å². The molecule has 0 fully saturated rings. The van der Waals surface area contributed by atoms with Crippen LogP contribution in [0.5, 0.6) is 0 Å². The molecule has 0 aliphatic rings. The third kappa shape index (κ3) is 3.58. The second-order valence-corrected chi connectivity index (χ2v) is 5.09. The van der Waals surface area contributed by atoms with E-state index in [1.165, 1.54) is 5.56 Å². The molecule has 0 aliphatic carbocycles. The molecule has 5 heteroatoms. The quantitative estimate of drug-likeness (QED) is 0.812. The van der Waals surface area contributed by atoms with Crippen molar-refractivity contribution in [3.8, 4) is 0 Å². The second kappa shape index (κ2) is 6.56. The van der Waals surface area contributed by atoms with Crippen LogP contribution in [0.25, 0.3) is 0 Å². The van der Waals surface area contributed by atoms with Gasteiger partial charge >= 0.3 is 0 Å². The van der Waals surface area contributed by atoms with Gasteiger partial charge in [0.1, 0.15) is 5.03 Å². The van der Waals surface area contributed by atoms with Gasteiger partial charge in [0.05, 0.1) is 0 Å². The standard InChI is InChI=1S/C13H18N4S/c1-3-6-14-9-11-4-5-12(16-10-11)18-13-15-7-8-17(13)2/h4-5,7-8,10,14H,3,6,9H2,1-2H3. The Morgan fingerprint density at radius 2 is 2.22 bits per heavy atom. The molecule has 0 aliphatic heterocycles. The summed E-state index contributed by atoms with van der Waals surface area (Å²) in [5, 5.41) is 5.30. The number of rotatable bonds is 6. The number of hydrogen-bond donors (Lipinski definition) is 1. The molecule has 0 amide bonds. The SMILES string of the molecule is CCCNCc1ccc(Sc2nccn2C)nc1. The molecular weight excluding hydrogens is 244 g/mol. The van der Waals surface area contributed by atoms with Crippen molar-refractivity contribution in [1.29, 1.82) is 0 Å². The highest BCUT2D eigenvalue weighted by molar-refractivity contribution is 7.99. The van der Waals surface area contributed by atoms with Crippen molar-refractivity contribution in [3.63, 3.8) is 0 Å². The molecule has 0 unspecified atom stereocenters. The van der Waals surface area contributed by atoms with E-state index in [2.05, 4.69) is 28.3 Å². The van der Waals surface area contributed by atoms with Crippen LogP contribution in [-0.4, -0.2) is 21.1 Å². The smallest absolute Gasteiger partial charge is 0.174 e. The summed E-state index contributed by atoms with van der Waals surface area (Å²) in [6, 6.07) is 4.16. The molecule has 18 heavy (non-hydrogen) atoms. The number of hydrogen-bond acceptors (Lipinski definition) is 4. The van der Waals surface area contributed by atoms with Crippen molar-refractivity contribution >= 4 is 11.8 Å². The third-order valence-corrected chi connectivity index (χ3v) is 3.55. The Morgan fingerprint density at radius 1 is 1.33 bits per heavy atom. The summed E-state index contributed by atoms with van der Waals surface area (Å²) >= 11 is 1.58. The van der Waals surface area contributed by atoms with Gasteiger partial charge in [-0.3, -0.25) is 0 Å². The molecule has 0 saturated heterocycles. The van der Waals surface area contributed by atoms with Crippen LogP contribution < -0.4 is 5.32 Å². The zero-order valence-corrected chi connectivity index (χ0v) is 11.6. The highest BCUT2D eigenvalue weighted by atomic mass is 32.2. The normalized spacial score (nSPS) is 10.8. The maximum atomic E-state index is 4.44. The molecule has 2 rings (SSSR count). The van der Waals surface area contributed by atoms with E-state index < -0.39 is 0 Å². The Bertz CT molecular complexity index is 478. The minimum absolute atomic E-state index is 0.883. The predicted molar refractivity (Wildman–Crippen MR) is 73.6 cm³/mol. The maximum Gasteiger partial charge on any atom is 0.174 e. The van der Waals surface area contributed by atoms with Crippen LogP contribution in [0.4, 0.5) is 0 Å². The second-order valence-electron chi connectivity index (χ2n) is 4.10. The molecule has 96 valence electrons. The minimum Gasteiger partial charge on any atom is -0.329 e. The molecule has 0 saturated carbocycles. The van der Waals surface area contributed by atoms with Crippen LogP contribution in [-0.2, 0) is 13.6 Å². The van der Waals surface area contributed by atoms with Crippen molar-refractivity contribution in [2.24, 2.45) is 7.05 Å². The first-order valence-corrected chi connectivity index (χ1v) is 6.92. The van der Waals surface area contributed by atoms with E-state index in [1.807, 2.05) is 30.1 Å². The van der Waals surface area contributed by atoms with Gasteiger partial charge in [-0.2, -0.15) is 0 Å². The zero-order chi connectivity index (χ0) is 12.8. The van der Waals surface area contributed by atoms with Gasteiger partial charge < -0.3 is 9.88 Å². The summed E-state index contributed by atoms with van der Waals surface area (Å²) in [6.45, 7) is 4.09. The van der Waals surface area contributed by atoms with E-state index in [4.69, 9.17) is 0 Å². The number of aryl methyl sites for hydroxylation is 1. The third-order valence-electron chi connectivity index (χ3n) is 2.53. The topological polar surface area (TPSA) is 42.7 Å². The van der Waals surface area contributed by atoms with E-state index in [9.17, 15) is 0 Å².